The van der Waals surface area contributed by atoms with Crippen LogP contribution in [0.2, 0.25) is 0 Å². The van der Waals surface area contributed by atoms with E-state index in [1.54, 1.807) is 30.3 Å². The first-order valence-corrected chi connectivity index (χ1v) is 12.2. The summed E-state index contributed by atoms with van der Waals surface area (Å²) < 4.78 is 41.9. The first-order valence-electron chi connectivity index (χ1n) is 10.3. The Morgan fingerprint density at radius 3 is 2.47 bits per heavy atom. The lowest BCUT2D eigenvalue weighted by atomic mass is 9.99. The van der Waals surface area contributed by atoms with Crippen LogP contribution in [0.1, 0.15) is 24.5 Å². The van der Waals surface area contributed by atoms with E-state index >= 15 is 0 Å². The second-order valence-electron chi connectivity index (χ2n) is 7.93. The number of fused-ring (bicyclic) bond motifs is 1. The summed E-state index contributed by atoms with van der Waals surface area (Å²) in [6.45, 7) is 3.87. The Labute approximate surface area is 193 Å². The highest BCUT2D eigenvalue weighted by Gasteiger charge is 2.33. The van der Waals surface area contributed by atoms with E-state index in [0.717, 1.165) is 11.3 Å². The van der Waals surface area contributed by atoms with Crippen LogP contribution in [0.5, 0.6) is 0 Å². The van der Waals surface area contributed by atoms with Crippen LogP contribution in [0, 0.1) is 12.7 Å². The Balaban J connectivity index is 1.53. The minimum Gasteiger partial charge on any atom is -0.332 e. The van der Waals surface area contributed by atoms with Crippen molar-refractivity contribution in [3.05, 3.63) is 83.7 Å². The molecule has 1 atom stereocenters. The van der Waals surface area contributed by atoms with E-state index in [1.807, 2.05) is 38.1 Å². The fourth-order valence-electron chi connectivity index (χ4n) is 3.89. The first-order chi connectivity index (χ1) is 15.2. The summed E-state index contributed by atoms with van der Waals surface area (Å²) in [6, 6.07) is 18.3. The van der Waals surface area contributed by atoms with Gasteiger partial charge in [0, 0.05) is 17.4 Å². The summed E-state index contributed by atoms with van der Waals surface area (Å²) in [5, 5.41) is 6.59. The van der Waals surface area contributed by atoms with Gasteiger partial charge in [0.2, 0.25) is 0 Å². The van der Waals surface area contributed by atoms with Crippen molar-refractivity contribution in [3.8, 4) is 0 Å². The average Bonchev–Trinajstić information content (AvgIpc) is 2.74. The molecule has 1 heterocycles. The van der Waals surface area contributed by atoms with Gasteiger partial charge in [-0.15, -0.1) is 0 Å². The lowest BCUT2D eigenvalue weighted by molar-refractivity contribution is 0.560. The van der Waals surface area contributed by atoms with E-state index in [9.17, 15) is 12.8 Å². The Morgan fingerprint density at radius 1 is 1.03 bits per heavy atom. The van der Waals surface area contributed by atoms with Gasteiger partial charge in [-0.1, -0.05) is 12.1 Å². The Hall–Kier alpha value is -2.97. The summed E-state index contributed by atoms with van der Waals surface area (Å²) in [5.74, 6) is -0.360. The van der Waals surface area contributed by atoms with Crippen molar-refractivity contribution in [2.24, 2.45) is 0 Å². The maximum absolute atomic E-state index is 13.7. The molecule has 3 aromatic rings. The molecular formula is C24H24FN3O2S2. The molecule has 4 rings (SSSR count). The van der Waals surface area contributed by atoms with Crippen LogP contribution in [-0.4, -0.2) is 19.6 Å². The molecule has 5 nitrogen and oxygen atoms in total. The molecule has 1 unspecified atom stereocenters. The van der Waals surface area contributed by atoms with Gasteiger partial charge >= 0.3 is 0 Å². The monoisotopic (exact) mass is 469 g/mol. The van der Waals surface area contributed by atoms with Crippen LogP contribution in [-0.2, 0) is 16.4 Å². The third kappa shape index (κ3) is 4.61. The molecule has 0 saturated carbocycles. The van der Waals surface area contributed by atoms with E-state index in [2.05, 4.69) is 10.6 Å². The average molecular weight is 470 g/mol. The minimum absolute atomic E-state index is 0.171. The van der Waals surface area contributed by atoms with Gasteiger partial charge in [0.1, 0.15) is 5.82 Å². The second kappa shape index (κ2) is 8.88. The molecule has 166 valence electrons. The zero-order chi connectivity index (χ0) is 22.9. The van der Waals surface area contributed by atoms with Crippen molar-refractivity contribution >= 4 is 44.4 Å². The van der Waals surface area contributed by atoms with Crippen molar-refractivity contribution in [2.75, 3.05) is 14.9 Å². The van der Waals surface area contributed by atoms with Crippen LogP contribution in [0.15, 0.2) is 71.6 Å². The number of hydrogen-bond donors (Lipinski definition) is 2. The summed E-state index contributed by atoms with van der Waals surface area (Å²) in [7, 11) is -3.80. The second-order valence-corrected chi connectivity index (χ2v) is 10.2. The highest BCUT2D eigenvalue weighted by Crippen LogP contribution is 2.35. The van der Waals surface area contributed by atoms with E-state index < -0.39 is 10.0 Å². The zero-order valence-electron chi connectivity index (χ0n) is 17.8. The molecule has 0 saturated heterocycles. The third-order valence-electron chi connectivity index (χ3n) is 5.46. The van der Waals surface area contributed by atoms with Crippen LogP contribution < -0.4 is 14.9 Å². The molecule has 0 aliphatic carbocycles. The van der Waals surface area contributed by atoms with Crippen molar-refractivity contribution in [1.82, 2.24) is 0 Å². The minimum atomic E-state index is -3.80. The number of aryl methyl sites for hydroxylation is 2. The van der Waals surface area contributed by atoms with Crippen molar-refractivity contribution < 1.29 is 12.8 Å². The summed E-state index contributed by atoms with van der Waals surface area (Å²) in [5.41, 5.74) is 3.90. The molecule has 3 aromatic carbocycles. The molecule has 1 aliphatic rings. The number of anilines is 3. The van der Waals surface area contributed by atoms with Crippen LogP contribution in [0.25, 0.3) is 0 Å². The van der Waals surface area contributed by atoms with Crippen LogP contribution in [0.3, 0.4) is 0 Å². The molecule has 0 fully saturated rings. The van der Waals surface area contributed by atoms with E-state index in [1.165, 1.54) is 16.4 Å². The van der Waals surface area contributed by atoms with Crippen LogP contribution >= 0.6 is 12.2 Å². The number of hydrogen-bond acceptors (Lipinski definition) is 3. The summed E-state index contributed by atoms with van der Waals surface area (Å²) in [4.78, 5) is 0.171. The molecule has 0 amide bonds. The molecule has 0 radical (unpaired) electrons. The largest absolute Gasteiger partial charge is 0.332 e. The molecule has 2 N–H and O–H groups in total. The third-order valence-corrected chi connectivity index (χ3v) is 7.60. The van der Waals surface area contributed by atoms with Crippen LogP contribution in [0.4, 0.5) is 21.5 Å². The maximum Gasteiger partial charge on any atom is 0.264 e. The van der Waals surface area contributed by atoms with Gasteiger partial charge in [-0.25, -0.2) is 12.8 Å². The molecule has 32 heavy (non-hydrogen) atoms. The number of benzene rings is 3. The number of nitrogens with one attached hydrogen (secondary N) is 2. The quantitative estimate of drug-likeness (QED) is 0.496. The SMILES string of the molecule is Cc1cccc(NC(=S)Nc2ccc(S(=O)(=O)N3c4ccc(F)cc4CCC3C)cc2)c1. The fraction of sp³-hybridized carbons (Fsp3) is 0.208. The van der Waals surface area contributed by atoms with E-state index in [-0.39, 0.29) is 16.8 Å². The van der Waals surface area contributed by atoms with Crippen molar-refractivity contribution in [1.29, 1.82) is 0 Å². The lowest BCUT2D eigenvalue weighted by Gasteiger charge is -2.36. The molecule has 0 spiro atoms. The molecule has 0 bridgehead atoms. The highest BCUT2D eigenvalue weighted by atomic mass is 32.2. The molecule has 8 heteroatoms. The van der Waals surface area contributed by atoms with Gasteiger partial charge in [0.15, 0.2) is 5.11 Å². The van der Waals surface area contributed by atoms with Gasteiger partial charge in [-0.3, -0.25) is 4.31 Å². The van der Waals surface area contributed by atoms with E-state index in [0.29, 0.717) is 34.9 Å². The Bertz CT molecular complexity index is 1260. The lowest BCUT2D eigenvalue weighted by Crippen LogP contribution is -2.42. The number of nitrogens with zero attached hydrogens (tertiary/aromatic N) is 1. The zero-order valence-corrected chi connectivity index (χ0v) is 19.4. The smallest absolute Gasteiger partial charge is 0.264 e. The highest BCUT2D eigenvalue weighted by molar-refractivity contribution is 7.92. The summed E-state index contributed by atoms with van der Waals surface area (Å²) in [6.07, 6.45) is 1.28. The van der Waals surface area contributed by atoms with E-state index in [4.69, 9.17) is 12.2 Å². The Kier molecular flexibility index (Phi) is 6.17. The molecular weight excluding hydrogens is 445 g/mol. The van der Waals surface area contributed by atoms with Gasteiger partial charge in [0.25, 0.3) is 10.0 Å². The standard InChI is InChI=1S/C24H24FN3O2S2/c1-16-4-3-5-21(14-16)27-24(31)26-20-9-11-22(12-10-20)32(29,30)28-17(2)6-7-18-15-19(25)8-13-23(18)28/h3-5,8-15,17H,6-7H2,1-2H3,(H2,26,27,31). The number of rotatable bonds is 4. The molecule has 1 aliphatic heterocycles. The predicted molar refractivity (Wildman–Crippen MR) is 131 cm³/mol. The fourth-order valence-corrected chi connectivity index (χ4v) is 5.85. The number of halogens is 1. The van der Waals surface area contributed by atoms with Gasteiger partial charge < -0.3 is 10.6 Å². The van der Waals surface area contributed by atoms with Crippen molar-refractivity contribution in [2.45, 2.75) is 37.6 Å². The van der Waals surface area contributed by atoms with Crippen molar-refractivity contribution in [3.63, 3.8) is 0 Å². The predicted octanol–water partition coefficient (Wildman–Crippen LogP) is 5.47. The maximum atomic E-state index is 13.7. The van der Waals surface area contributed by atoms with Gasteiger partial charge in [-0.2, -0.15) is 0 Å². The first kappa shape index (κ1) is 22.2. The molecule has 0 aromatic heterocycles. The number of sulfonamides is 1. The normalized spacial score (nSPS) is 15.7. The van der Waals surface area contributed by atoms with Gasteiger partial charge in [0.05, 0.1) is 10.6 Å². The topological polar surface area (TPSA) is 61.4 Å². The van der Waals surface area contributed by atoms with Gasteiger partial charge in [-0.05, 0) is 105 Å². The summed E-state index contributed by atoms with van der Waals surface area (Å²) >= 11 is 5.36. The number of thiocarbonyl (C=S) groups is 1. The Morgan fingerprint density at radius 2 is 1.75 bits per heavy atom.